The molecule has 0 aliphatic rings. The zero-order valence-electron chi connectivity index (χ0n) is 15.3. The van der Waals surface area contributed by atoms with Gasteiger partial charge in [-0.15, -0.1) is 19.7 Å². The highest BCUT2D eigenvalue weighted by Crippen LogP contribution is 2.38. The summed E-state index contributed by atoms with van der Waals surface area (Å²) in [4.78, 5) is 39.4. The maximum atomic E-state index is 12.8. The Labute approximate surface area is 205 Å². The monoisotopic (exact) mass is 719 g/mol. The van der Waals surface area contributed by atoms with Crippen molar-refractivity contribution in [1.29, 1.82) is 0 Å². The number of nitrogens with zero attached hydrogens (tertiary/aromatic N) is 1. The van der Waals surface area contributed by atoms with Crippen molar-refractivity contribution in [2.75, 3.05) is 24.5 Å². The molecule has 9 heteroatoms. The lowest BCUT2D eigenvalue weighted by Crippen LogP contribution is -2.34. The van der Waals surface area contributed by atoms with Gasteiger partial charge in [0.1, 0.15) is 0 Å². The van der Waals surface area contributed by atoms with Gasteiger partial charge >= 0.3 is 0 Å². The second-order valence-corrected chi connectivity index (χ2v) is 8.69. The Bertz CT molecular complexity index is 786. The van der Waals surface area contributed by atoms with E-state index in [9.17, 15) is 14.4 Å². The van der Waals surface area contributed by atoms with Crippen LogP contribution in [-0.2, 0) is 4.79 Å². The maximum absolute atomic E-state index is 12.8. The number of hydrogen-bond donors (Lipinski definition) is 2. The van der Waals surface area contributed by atoms with Crippen molar-refractivity contribution in [2.24, 2.45) is 0 Å². The number of hydrogen-bond acceptors (Lipinski definition) is 3. The number of carbonyl (C=O) groups excluding carboxylic acids is 3. The molecule has 0 atom stereocenters. The van der Waals surface area contributed by atoms with Crippen LogP contribution in [0.2, 0.25) is 0 Å². The van der Waals surface area contributed by atoms with Gasteiger partial charge in [0.2, 0.25) is 5.91 Å². The molecule has 150 valence electrons. The van der Waals surface area contributed by atoms with Crippen molar-refractivity contribution < 1.29 is 14.4 Å². The quantitative estimate of drug-likeness (QED) is 0.301. The molecule has 0 saturated heterocycles. The molecule has 0 aliphatic heterocycles. The van der Waals surface area contributed by atoms with Gasteiger partial charge in [-0.25, -0.2) is 0 Å². The van der Waals surface area contributed by atoms with E-state index >= 15 is 0 Å². The van der Waals surface area contributed by atoms with E-state index in [1.165, 1.54) is 11.8 Å². The molecule has 0 saturated carbocycles. The van der Waals surface area contributed by atoms with Crippen molar-refractivity contribution in [3.05, 3.63) is 59.8 Å². The average Bonchev–Trinajstić information content (AvgIpc) is 2.63. The second-order valence-electron chi connectivity index (χ2n) is 5.46. The molecule has 28 heavy (non-hydrogen) atoms. The number of amides is 3. The van der Waals surface area contributed by atoms with Crippen LogP contribution in [0.1, 0.15) is 27.6 Å². The Hall–Kier alpha value is -0.960. The van der Waals surface area contributed by atoms with E-state index in [0.717, 1.165) is 0 Å². The fourth-order valence-corrected chi connectivity index (χ4v) is 7.03. The third-order valence-electron chi connectivity index (χ3n) is 3.52. The van der Waals surface area contributed by atoms with Crippen LogP contribution < -0.4 is 15.5 Å². The van der Waals surface area contributed by atoms with Crippen LogP contribution in [0.5, 0.6) is 0 Å². The van der Waals surface area contributed by atoms with Crippen molar-refractivity contribution in [3.8, 4) is 0 Å². The molecule has 1 rings (SSSR count). The van der Waals surface area contributed by atoms with E-state index in [-0.39, 0.29) is 37.4 Å². The van der Waals surface area contributed by atoms with Gasteiger partial charge in [0.25, 0.3) is 11.8 Å². The molecule has 0 heterocycles. The first-order valence-electron chi connectivity index (χ1n) is 8.10. The molecule has 0 fully saturated rings. The van der Waals surface area contributed by atoms with Gasteiger partial charge in [0.05, 0.1) is 24.0 Å². The average molecular weight is 719 g/mol. The van der Waals surface area contributed by atoms with Gasteiger partial charge < -0.3 is 15.5 Å². The van der Waals surface area contributed by atoms with Crippen molar-refractivity contribution in [1.82, 2.24) is 10.6 Å². The molecule has 0 spiro atoms. The Morgan fingerprint density at radius 3 is 1.61 bits per heavy atom. The van der Waals surface area contributed by atoms with E-state index in [0.29, 0.717) is 27.5 Å². The van der Waals surface area contributed by atoms with Crippen LogP contribution in [-0.4, -0.2) is 37.4 Å². The number of benzene rings is 1. The fraction of sp³-hybridized carbons (Fsp3) is 0.211. The van der Waals surface area contributed by atoms with Gasteiger partial charge in [-0.3, -0.25) is 14.4 Å². The lowest BCUT2D eigenvalue weighted by molar-refractivity contribution is -0.116. The van der Waals surface area contributed by atoms with Crippen LogP contribution >= 0.6 is 67.8 Å². The lowest BCUT2D eigenvalue weighted by atomic mass is 10.1. The van der Waals surface area contributed by atoms with E-state index < -0.39 is 0 Å². The van der Waals surface area contributed by atoms with Gasteiger partial charge in [-0.2, -0.15) is 0 Å². The second kappa shape index (κ2) is 11.9. The number of carbonyl (C=O) groups is 3. The van der Waals surface area contributed by atoms with Crippen molar-refractivity contribution in [3.63, 3.8) is 0 Å². The van der Waals surface area contributed by atoms with Crippen LogP contribution in [0.4, 0.5) is 5.69 Å². The summed E-state index contributed by atoms with van der Waals surface area (Å²) < 4.78 is 1.69. The van der Waals surface area contributed by atoms with E-state index in [1.54, 1.807) is 18.2 Å². The Morgan fingerprint density at radius 1 is 0.857 bits per heavy atom. The molecule has 3 amide bonds. The largest absolute Gasteiger partial charge is 0.349 e. The highest BCUT2D eigenvalue weighted by atomic mass is 127. The predicted molar refractivity (Wildman–Crippen MR) is 138 cm³/mol. The molecular weight excluding hydrogens is 699 g/mol. The molecule has 0 bridgehead atoms. The lowest BCUT2D eigenvalue weighted by Gasteiger charge is -2.26. The molecule has 0 radical (unpaired) electrons. The number of anilines is 1. The fourth-order valence-electron chi connectivity index (χ4n) is 2.30. The zero-order chi connectivity index (χ0) is 21.4. The number of halogens is 3. The minimum Gasteiger partial charge on any atom is -0.349 e. The molecule has 6 nitrogen and oxygen atoms in total. The Kier molecular flexibility index (Phi) is 10.7. The first kappa shape index (κ1) is 25.1. The first-order chi connectivity index (χ1) is 13.2. The van der Waals surface area contributed by atoms with Crippen molar-refractivity contribution >= 4 is 91.2 Å². The standard InChI is InChI=1S/C19H20I3N3O3/c1-5-8-23-18(27)12-14(20)13(19(28)24-9-6-2)16(22)17(15(12)21)25(10-7-3)11(4)26/h5-7H,1-3,8-10H2,4H3,(H,23,27)(H,24,28). The summed E-state index contributed by atoms with van der Waals surface area (Å²) in [5.74, 6) is -0.899. The van der Waals surface area contributed by atoms with Crippen LogP contribution in [0.15, 0.2) is 38.0 Å². The molecule has 1 aromatic carbocycles. The van der Waals surface area contributed by atoms with Crippen LogP contribution in [0, 0.1) is 10.7 Å². The summed E-state index contributed by atoms with van der Waals surface area (Å²) in [6, 6.07) is 0. The summed E-state index contributed by atoms with van der Waals surface area (Å²) in [6.07, 6.45) is 4.74. The normalized spacial score (nSPS) is 10.0. The van der Waals surface area contributed by atoms with Gasteiger partial charge in [-0.05, 0) is 67.8 Å². The first-order valence-corrected chi connectivity index (χ1v) is 11.3. The molecule has 0 aromatic heterocycles. The van der Waals surface area contributed by atoms with Gasteiger partial charge in [-0.1, -0.05) is 18.2 Å². The SMILES string of the molecule is C=CCNC(=O)c1c(I)c(C(=O)NCC=C)c(I)c(N(CC=C)C(C)=O)c1I. The molecule has 0 unspecified atom stereocenters. The number of nitrogens with one attached hydrogen (secondary N) is 2. The molecule has 2 N–H and O–H groups in total. The summed E-state index contributed by atoms with van der Waals surface area (Å²) in [7, 11) is 0. The third-order valence-corrected chi connectivity index (χ3v) is 6.70. The highest BCUT2D eigenvalue weighted by Gasteiger charge is 2.30. The molecule has 1 aromatic rings. The maximum Gasteiger partial charge on any atom is 0.253 e. The minimum absolute atomic E-state index is 0.216. The van der Waals surface area contributed by atoms with Gasteiger partial charge in [0, 0.05) is 30.1 Å². The smallest absolute Gasteiger partial charge is 0.253 e. The Morgan fingerprint density at radius 2 is 1.29 bits per heavy atom. The number of rotatable bonds is 9. The molecule has 0 aliphatic carbocycles. The summed E-state index contributed by atoms with van der Waals surface area (Å²) in [6.45, 7) is 13.2. The van der Waals surface area contributed by atoms with E-state index in [4.69, 9.17) is 0 Å². The topological polar surface area (TPSA) is 78.5 Å². The zero-order valence-corrected chi connectivity index (χ0v) is 21.8. The summed E-state index contributed by atoms with van der Waals surface area (Å²) in [5.41, 5.74) is 1.21. The minimum atomic E-state index is -0.341. The van der Waals surface area contributed by atoms with Crippen LogP contribution in [0.3, 0.4) is 0 Å². The summed E-state index contributed by atoms with van der Waals surface area (Å²) in [5, 5.41) is 5.49. The predicted octanol–water partition coefficient (Wildman–Crippen LogP) is 3.87. The Balaban J connectivity index is 3.83. The van der Waals surface area contributed by atoms with Crippen LogP contribution in [0.25, 0.3) is 0 Å². The van der Waals surface area contributed by atoms with E-state index in [1.807, 2.05) is 67.8 Å². The summed E-state index contributed by atoms with van der Waals surface area (Å²) >= 11 is 6.09. The van der Waals surface area contributed by atoms with E-state index in [2.05, 4.69) is 30.4 Å². The van der Waals surface area contributed by atoms with Gasteiger partial charge in [0.15, 0.2) is 0 Å². The van der Waals surface area contributed by atoms with Crippen molar-refractivity contribution in [2.45, 2.75) is 6.92 Å². The highest BCUT2D eigenvalue weighted by molar-refractivity contribution is 14.1. The third kappa shape index (κ3) is 5.78. The molecular formula is C19H20I3N3O3.